The van der Waals surface area contributed by atoms with Crippen LogP contribution in [0.1, 0.15) is 18.3 Å². The van der Waals surface area contributed by atoms with E-state index in [2.05, 4.69) is 0 Å². The van der Waals surface area contributed by atoms with E-state index in [9.17, 15) is 14.3 Å². The Bertz CT molecular complexity index is 476. The Labute approximate surface area is 114 Å². The zero-order chi connectivity index (χ0) is 14.6. The number of carbonyl (C=O) groups is 1. The van der Waals surface area contributed by atoms with Crippen molar-refractivity contribution in [1.82, 2.24) is 9.80 Å². The number of nitrogens with zero attached hydrogens (tertiary/aromatic N) is 2. The molecule has 0 heterocycles. The van der Waals surface area contributed by atoms with Crippen molar-refractivity contribution >= 4 is 13.3 Å². The smallest absolute Gasteiger partial charge is 0.220 e. The summed E-state index contributed by atoms with van der Waals surface area (Å²) in [5, 5.41) is 0. The van der Waals surface area contributed by atoms with E-state index >= 15 is 0 Å². The Morgan fingerprint density at radius 2 is 1.79 bits per heavy atom. The quantitative estimate of drug-likeness (QED) is 0.765. The van der Waals surface area contributed by atoms with Gasteiger partial charge in [-0.25, -0.2) is 0 Å². The number of hydrogen-bond donors (Lipinski definition) is 0. The minimum Gasteiger partial charge on any atom is -0.797 e. The van der Waals surface area contributed by atoms with E-state index in [0.717, 1.165) is 0 Å². The van der Waals surface area contributed by atoms with Crippen LogP contribution in [0, 0.1) is 0 Å². The van der Waals surface area contributed by atoms with Gasteiger partial charge in [0.15, 0.2) is 0 Å². The lowest BCUT2D eigenvalue weighted by Gasteiger charge is -2.39. The second-order valence-corrected chi connectivity index (χ2v) is 7.09. The van der Waals surface area contributed by atoms with Crippen LogP contribution in [0.4, 0.5) is 0 Å². The first-order valence-electron chi connectivity index (χ1n) is 5.98. The molecule has 6 heteroatoms. The van der Waals surface area contributed by atoms with Gasteiger partial charge < -0.3 is 19.3 Å². The largest absolute Gasteiger partial charge is 0.797 e. The summed E-state index contributed by atoms with van der Waals surface area (Å²) in [6.07, 6.45) is -0.0792. The Balaban J connectivity index is 3.20. The topological polar surface area (TPSA) is 63.7 Å². The fourth-order valence-electron chi connectivity index (χ4n) is 1.98. The average molecular weight is 283 g/mol. The van der Waals surface area contributed by atoms with Gasteiger partial charge in [0.05, 0.1) is 13.2 Å². The predicted octanol–water partition coefficient (Wildman–Crippen LogP) is 1.32. The van der Waals surface area contributed by atoms with Crippen LogP contribution in [0.3, 0.4) is 0 Å². The highest BCUT2D eigenvalue weighted by Crippen LogP contribution is 2.53. The maximum Gasteiger partial charge on any atom is 0.220 e. The zero-order valence-corrected chi connectivity index (χ0v) is 12.6. The van der Waals surface area contributed by atoms with Gasteiger partial charge in [0.25, 0.3) is 0 Å². The summed E-state index contributed by atoms with van der Waals surface area (Å²) in [4.78, 5) is 26.9. The summed E-state index contributed by atoms with van der Waals surface area (Å²) >= 11 is 0. The molecule has 1 aromatic rings. The molecule has 1 amide bonds. The minimum atomic E-state index is -3.81. The Morgan fingerprint density at radius 3 is 2.21 bits per heavy atom. The van der Waals surface area contributed by atoms with Gasteiger partial charge in [-0.05, 0) is 19.7 Å². The molecule has 19 heavy (non-hydrogen) atoms. The number of amides is 1. The van der Waals surface area contributed by atoms with Crippen LogP contribution >= 0.6 is 7.37 Å². The summed E-state index contributed by atoms with van der Waals surface area (Å²) < 4.78 is 12.5. The second-order valence-electron chi connectivity index (χ2n) is 4.86. The molecule has 0 saturated heterocycles. The second kappa shape index (κ2) is 6.33. The summed E-state index contributed by atoms with van der Waals surface area (Å²) in [7, 11) is 1.09. The van der Waals surface area contributed by atoms with Gasteiger partial charge in [0.2, 0.25) is 5.91 Å². The first-order valence-corrected chi connectivity index (χ1v) is 7.86. The van der Waals surface area contributed by atoms with Gasteiger partial charge in [0.1, 0.15) is 0 Å². The summed E-state index contributed by atoms with van der Waals surface area (Å²) in [6, 6.07) is 8.81. The normalized spacial score (nSPS) is 15.9. The number of carbonyl (C=O) groups excluding carboxylic acids is 1. The van der Waals surface area contributed by atoms with Gasteiger partial charge in [-0.15, -0.1) is 0 Å². The highest BCUT2D eigenvalue weighted by atomic mass is 31.2. The fraction of sp³-hybridized carbons (Fsp3) is 0.462. The molecule has 0 bridgehead atoms. The van der Waals surface area contributed by atoms with Crippen LogP contribution in [0.25, 0.3) is 0 Å². The summed E-state index contributed by atoms with van der Waals surface area (Å²) in [5.41, 5.74) is 0.611. The third-order valence-corrected chi connectivity index (χ3v) is 5.16. The van der Waals surface area contributed by atoms with Crippen molar-refractivity contribution in [2.75, 3.05) is 27.4 Å². The molecule has 0 aliphatic heterocycles. The van der Waals surface area contributed by atoms with E-state index in [1.807, 2.05) is 6.07 Å². The molecule has 0 fully saturated rings. The molecule has 0 N–H and O–H groups in total. The van der Waals surface area contributed by atoms with Crippen molar-refractivity contribution in [3.63, 3.8) is 0 Å². The van der Waals surface area contributed by atoms with Gasteiger partial charge in [0, 0.05) is 20.3 Å². The van der Waals surface area contributed by atoms with Gasteiger partial charge in [-0.1, -0.05) is 30.3 Å². The zero-order valence-electron chi connectivity index (χ0n) is 11.7. The molecule has 106 valence electrons. The van der Waals surface area contributed by atoms with E-state index < -0.39 is 13.2 Å². The van der Waals surface area contributed by atoms with Crippen molar-refractivity contribution in [1.29, 1.82) is 0 Å². The van der Waals surface area contributed by atoms with E-state index in [1.54, 1.807) is 43.3 Å². The van der Waals surface area contributed by atoms with E-state index in [1.165, 1.54) is 18.9 Å². The molecule has 1 rings (SSSR count). The van der Waals surface area contributed by atoms with E-state index in [0.29, 0.717) is 5.56 Å². The van der Waals surface area contributed by atoms with Crippen molar-refractivity contribution in [2.24, 2.45) is 0 Å². The van der Waals surface area contributed by atoms with Crippen LogP contribution in [-0.2, 0) is 9.36 Å². The monoisotopic (exact) mass is 283 g/mol. The van der Waals surface area contributed by atoms with Crippen LogP contribution in [-0.4, -0.2) is 43.1 Å². The van der Waals surface area contributed by atoms with Crippen molar-refractivity contribution in [2.45, 2.75) is 12.7 Å². The molecule has 0 spiro atoms. The molecule has 0 aromatic heterocycles. The maximum absolute atomic E-state index is 12.5. The molecular formula is C13H20N2O3P-. The lowest BCUT2D eigenvalue weighted by Crippen LogP contribution is -2.34. The van der Waals surface area contributed by atoms with E-state index in [-0.39, 0.29) is 12.2 Å². The van der Waals surface area contributed by atoms with E-state index in [4.69, 9.17) is 0 Å². The molecule has 0 aliphatic rings. The third-order valence-electron chi connectivity index (χ3n) is 2.81. The van der Waals surface area contributed by atoms with Crippen LogP contribution in [0.15, 0.2) is 30.3 Å². The van der Waals surface area contributed by atoms with Crippen molar-refractivity contribution < 1.29 is 14.3 Å². The Hall–Kier alpha value is -1.16. The van der Waals surface area contributed by atoms with Gasteiger partial charge in [-0.2, -0.15) is 0 Å². The maximum atomic E-state index is 12.5. The molecule has 5 nitrogen and oxygen atoms in total. The molecule has 1 aromatic carbocycles. The molecule has 0 radical (unpaired) electrons. The van der Waals surface area contributed by atoms with Crippen LogP contribution in [0.5, 0.6) is 0 Å². The number of benzene rings is 1. The first-order chi connectivity index (χ1) is 8.75. The SMILES string of the molecule is CC(=O)N(C)C(c1ccccc1)P(=O)([O-])CN(C)C. The Kier molecular flexibility index (Phi) is 5.29. The first kappa shape index (κ1) is 15.9. The average Bonchev–Trinajstić information content (AvgIpc) is 2.28. The summed E-state index contributed by atoms with van der Waals surface area (Å²) in [6.45, 7) is 1.37. The lowest BCUT2D eigenvalue weighted by atomic mass is 10.2. The number of hydrogen-bond acceptors (Lipinski definition) is 4. The highest BCUT2D eigenvalue weighted by Gasteiger charge is 2.29. The van der Waals surface area contributed by atoms with Crippen LogP contribution < -0.4 is 4.89 Å². The minimum absolute atomic E-state index is 0.0792. The standard InChI is InChI=1S/C13H21N2O3P/c1-11(16)15(4)13(12-8-6-5-7-9-12)19(17,18)10-14(2)3/h5-9,13H,10H2,1-4H3,(H,17,18)/p-1. The van der Waals surface area contributed by atoms with Gasteiger partial charge in [-0.3, -0.25) is 4.79 Å². The van der Waals surface area contributed by atoms with Gasteiger partial charge >= 0.3 is 0 Å². The fourth-order valence-corrected chi connectivity index (χ4v) is 4.24. The number of rotatable bonds is 5. The predicted molar refractivity (Wildman–Crippen MR) is 73.8 cm³/mol. The van der Waals surface area contributed by atoms with Crippen LogP contribution in [0.2, 0.25) is 0 Å². The molecule has 0 aliphatic carbocycles. The van der Waals surface area contributed by atoms with Crippen molar-refractivity contribution in [3.8, 4) is 0 Å². The lowest BCUT2D eigenvalue weighted by molar-refractivity contribution is -0.183. The Morgan fingerprint density at radius 1 is 1.26 bits per heavy atom. The summed E-state index contributed by atoms with van der Waals surface area (Å²) in [5.74, 6) is -1.20. The third kappa shape index (κ3) is 4.16. The molecule has 2 unspecified atom stereocenters. The molecule has 0 saturated carbocycles. The molecular weight excluding hydrogens is 263 g/mol. The highest BCUT2D eigenvalue weighted by molar-refractivity contribution is 7.56. The molecule has 2 atom stereocenters. The van der Waals surface area contributed by atoms with Crippen molar-refractivity contribution in [3.05, 3.63) is 35.9 Å².